The van der Waals surface area contributed by atoms with Crippen molar-refractivity contribution in [2.24, 2.45) is 0 Å². The standard InChI is InChI=1S/C17H23N7O2S/c1-11-13(3)27-16(20-11)22-14(25)12(2)21-17(26)24-9-7-23(8-10-24)15-18-5-4-6-19-15/h4-6,12H,7-10H2,1-3H3,(H,21,26)(H,20,22,25)/t12-/m1/s1. The first-order valence-corrected chi connectivity index (χ1v) is 9.58. The third kappa shape index (κ3) is 4.70. The van der Waals surface area contributed by atoms with E-state index in [0.29, 0.717) is 37.3 Å². The van der Waals surface area contributed by atoms with Gasteiger partial charge in [0.25, 0.3) is 0 Å². The van der Waals surface area contributed by atoms with E-state index in [9.17, 15) is 9.59 Å². The van der Waals surface area contributed by atoms with Crippen LogP contribution in [0.1, 0.15) is 17.5 Å². The number of piperazine rings is 1. The lowest BCUT2D eigenvalue weighted by atomic mass is 10.3. The third-order valence-corrected chi connectivity index (χ3v) is 5.38. The second kappa shape index (κ2) is 8.30. The van der Waals surface area contributed by atoms with Crippen molar-refractivity contribution in [2.75, 3.05) is 36.4 Å². The van der Waals surface area contributed by atoms with E-state index in [0.717, 1.165) is 10.6 Å². The zero-order chi connectivity index (χ0) is 19.4. The highest BCUT2D eigenvalue weighted by Gasteiger charge is 2.25. The van der Waals surface area contributed by atoms with Crippen molar-refractivity contribution in [3.63, 3.8) is 0 Å². The molecule has 0 aromatic carbocycles. The molecule has 0 spiro atoms. The smallest absolute Gasteiger partial charge is 0.318 e. The number of hydrogen-bond acceptors (Lipinski definition) is 7. The minimum Gasteiger partial charge on any atom is -0.337 e. The molecule has 3 heterocycles. The number of hydrogen-bond donors (Lipinski definition) is 2. The van der Waals surface area contributed by atoms with E-state index in [2.05, 4.69) is 25.6 Å². The zero-order valence-electron chi connectivity index (χ0n) is 15.6. The predicted molar refractivity (Wildman–Crippen MR) is 104 cm³/mol. The first-order chi connectivity index (χ1) is 12.9. The monoisotopic (exact) mass is 389 g/mol. The number of amides is 3. The Morgan fingerprint density at radius 1 is 1.15 bits per heavy atom. The summed E-state index contributed by atoms with van der Waals surface area (Å²) >= 11 is 1.42. The second-order valence-corrected chi connectivity index (χ2v) is 7.55. The van der Waals surface area contributed by atoms with E-state index >= 15 is 0 Å². The van der Waals surface area contributed by atoms with Crippen LogP contribution in [0.15, 0.2) is 18.5 Å². The molecule has 1 aliphatic heterocycles. The van der Waals surface area contributed by atoms with Crippen molar-refractivity contribution < 1.29 is 9.59 Å². The number of nitrogens with one attached hydrogen (secondary N) is 2. The van der Waals surface area contributed by atoms with Gasteiger partial charge in [-0.3, -0.25) is 4.79 Å². The lowest BCUT2D eigenvalue weighted by molar-refractivity contribution is -0.117. The summed E-state index contributed by atoms with van der Waals surface area (Å²) in [4.78, 5) is 42.3. The molecule has 2 aromatic heterocycles. The summed E-state index contributed by atoms with van der Waals surface area (Å²) in [5, 5.41) is 6.05. The lowest BCUT2D eigenvalue weighted by Gasteiger charge is -2.35. The Kier molecular flexibility index (Phi) is 5.84. The fourth-order valence-electron chi connectivity index (χ4n) is 2.65. The molecule has 0 bridgehead atoms. The maximum atomic E-state index is 12.4. The van der Waals surface area contributed by atoms with Gasteiger partial charge in [-0.2, -0.15) is 0 Å². The van der Waals surface area contributed by atoms with Crippen LogP contribution < -0.4 is 15.5 Å². The molecule has 2 aromatic rings. The number of nitrogens with zero attached hydrogens (tertiary/aromatic N) is 5. The summed E-state index contributed by atoms with van der Waals surface area (Å²) in [5.41, 5.74) is 0.896. The van der Waals surface area contributed by atoms with Crippen LogP contribution in [0.2, 0.25) is 0 Å². The number of aryl methyl sites for hydroxylation is 2. The molecule has 27 heavy (non-hydrogen) atoms. The molecular weight excluding hydrogens is 366 g/mol. The molecule has 144 valence electrons. The van der Waals surface area contributed by atoms with Crippen LogP contribution in [-0.4, -0.2) is 64.0 Å². The Labute approximate surface area is 161 Å². The summed E-state index contributed by atoms with van der Waals surface area (Å²) in [6, 6.07) is 0.865. The highest BCUT2D eigenvalue weighted by Crippen LogP contribution is 2.21. The number of thiazole rings is 1. The zero-order valence-corrected chi connectivity index (χ0v) is 16.4. The normalized spacial score (nSPS) is 15.4. The fraction of sp³-hybridized carbons (Fsp3) is 0.471. The topological polar surface area (TPSA) is 103 Å². The molecule has 3 amide bonds. The summed E-state index contributed by atoms with van der Waals surface area (Å²) < 4.78 is 0. The highest BCUT2D eigenvalue weighted by atomic mass is 32.1. The maximum Gasteiger partial charge on any atom is 0.318 e. The number of anilines is 2. The summed E-state index contributed by atoms with van der Waals surface area (Å²) in [7, 11) is 0. The Balaban J connectivity index is 1.48. The fourth-order valence-corrected chi connectivity index (χ4v) is 3.46. The molecule has 0 unspecified atom stereocenters. The largest absolute Gasteiger partial charge is 0.337 e. The van der Waals surface area contributed by atoms with Crippen molar-refractivity contribution >= 4 is 34.4 Å². The first kappa shape index (κ1) is 19.0. The number of rotatable bonds is 4. The van der Waals surface area contributed by atoms with Crippen LogP contribution in [0.4, 0.5) is 15.9 Å². The highest BCUT2D eigenvalue weighted by molar-refractivity contribution is 7.15. The van der Waals surface area contributed by atoms with Crippen LogP contribution in [-0.2, 0) is 4.79 Å². The molecule has 0 aliphatic carbocycles. The van der Waals surface area contributed by atoms with Crippen LogP contribution in [0.25, 0.3) is 0 Å². The number of urea groups is 1. The van der Waals surface area contributed by atoms with Crippen LogP contribution in [0.3, 0.4) is 0 Å². The van der Waals surface area contributed by atoms with Crippen molar-refractivity contribution in [1.82, 2.24) is 25.2 Å². The van der Waals surface area contributed by atoms with Gasteiger partial charge in [0, 0.05) is 43.4 Å². The summed E-state index contributed by atoms with van der Waals surface area (Å²) in [5.74, 6) is 0.382. The Hall–Kier alpha value is -2.75. The van der Waals surface area contributed by atoms with Crippen LogP contribution in [0.5, 0.6) is 0 Å². The van der Waals surface area contributed by atoms with Gasteiger partial charge in [0.1, 0.15) is 6.04 Å². The number of carbonyl (C=O) groups excluding carboxylic acids is 2. The quantitative estimate of drug-likeness (QED) is 0.819. The number of carbonyl (C=O) groups is 2. The molecule has 1 atom stereocenters. The van der Waals surface area contributed by atoms with Gasteiger partial charge in [-0.1, -0.05) is 0 Å². The SMILES string of the molecule is Cc1nc(NC(=O)[C@@H](C)NC(=O)N2CCN(c3ncccn3)CC2)sc1C. The van der Waals surface area contributed by atoms with E-state index < -0.39 is 6.04 Å². The minimum atomic E-state index is -0.655. The van der Waals surface area contributed by atoms with Gasteiger partial charge in [-0.15, -0.1) is 11.3 Å². The van der Waals surface area contributed by atoms with Gasteiger partial charge in [-0.05, 0) is 26.8 Å². The molecule has 1 aliphatic rings. The molecule has 0 radical (unpaired) electrons. The first-order valence-electron chi connectivity index (χ1n) is 8.76. The van der Waals surface area contributed by atoms with E-state index in [-0.39, 0.29) is 11.9 Å². The van der Waals surface area contributed by atoms with E-state index in [1.165, 1.54) is 11.3 Å². The average molecular weight is 389 g/mol. The van der Waals surface area contributed by atoms with E-state index in [4.69, 9.17) is 0 Å². The van der Waals surface area contributed by atoms with Crippen molar-refractivity contribution in [3.8, 4) is 0 Å². The molecule has 9 nitrogen and oxygen atoms in total. The molecule has 3 rings (SSSR count). The third-order valence-electron chi connectivity index (χ3n) is 4.39. The summed E-state index contributed by atoms with van der Waals surface area (Å²) in [6.07, 6.45) is 3.40. The molecular formula is C17H23N7O2S. The van der Waals surface area contributed by atoms with E-state index in [1.54, 1.807) is 30.3 Å². The van der Waals surface area contributed by atoms with Gasteiger partial charge >= 0.3 is 6.03 Å². The van der Waals surface area contributed by atoms with Gasteiger partial charge in [0.15, 0.2) is 5.13 Å². The van der Waals surface area contributed by atoms with Crippen LogP contribution >= 0.6 is 11.3 Å². The second-order valence-electron chi connectivity index (χ2n) is 6.34. The van der Waals surface area contributed by atoms with Gasteiger partial charge in [-0.25, -0.2) is 19.7 Å². The maximum absolute atomic E-state index is 12.4. The van der Waals surface area contributed by atoms with Crippen molar-refractivity contribution in [3.05, 3.63) is 29.0 Å². The molecule has 1 saturated heterocycles. The average Bonchev–Trinajstić information content (AvgIpc) is 2.99. The number of aromatic nitrogens is 3. The van der Waals surface area contributed by atoms with Crippen LogP contribution in [0, 0.1) is 13.8 Å². The lowest BCUT2D eigenvalue weighted by Crippen LogP contribution is -2.55. The Morgan fingerprint density at radius 2 is 1.81 bits per heavy atom. The summed E-state index contributed by atoms with van der Waals surface area (Å²) in [6.45, 7) is 7.90. The van der Waals surface area contributed by atoms with Gasteiger partial charge in [0.05, 0.1) is 5.69 Å². The molecule has 1 fully saturated rings. The Bertz CT molecular complexity index is 783. The van der Waals surface area contributed by atoms with E-state index in [1.807, 2.05) is 18.7 Å². The van der Waals surface area contributed by atoms with Crippen molar-refractivity contribution in [1.29, 1.82) is 0 Å². The van der Waals surface area contributed by atoms with Gasteiger partial charge < -0.3 is 20.4 Å². The predicted octanol–water partition coefficient (Wildman–Crippen LogP) is 1.41. The Morgan fingerprint density at radius 3 is 2.41 bits per heavy atom. The van der Waals surface area contributed by atoms with Crippen molar-refractivity contribution in [2.45, 2.75) is 26.8 Å². The molecule has 0 saturated carbocycles. The molecule has 10 heteroatoms. The minimum absolute atomic E-state index is 0.252. The van der Waals surface area contributed by atoms with Gasteiger partial charge in [0.2, 0.25) is 11.9 Å². The molecule has 2 N–H and O–H groups in total.